The fourth-order valence-electron chi connectivity index (χ4n) is 3.38. The summed E-state index contributed by atoms with van der Waals surface area (Å²) in [6.07, 6.45) is 1.18. The minimum Gasteiger partial charge on any atom is -0.375 e. The molecule has 8 heteroatoms. The summed E-state index contributed by atoms with van der Waals surface area (Å²) in [6.45, 7) is 3.83. The first-order valence-corrected chi connectivity index (χ1v) is 11.8. The fourth-order valence-corrected chi connectivity index (χ4v) is 3.56. The zero-order valence-electron chi connectivity index (χ0n) is 19.7. The van der Waals surface area contributed by atoms with E-state index >= 15 is 0 Å². The molecule has 0 aromatic heterocycles. The zero-order chi connectivity index (χ0) is 25.2. The minimum atomic E-state index is -0.281. The van der Waals surface area contributed by atoms with Crippen LogP contribution < -0.4 is 21.3 Å². The molecule has 4 N–H and O–H groups in total. The van der Waals surface area contributed by atoms with Gasteiger partial charge in [-0.3, -0.25) is 14.4 Å². The molecule has 0 aliphatic heterocycles. The van der Waals surface area contributed by atoms with Crippen molar-refractivity contribution in [3.05, 3.63) is 88.9 Å². The van der Waals surface area contributed by atoms with E-state index < -0.39 is 0 Å². The first-order chi connectivity index (χ1) is 16.9. The van der Waals surface area contributed by atoms with Gasteiger partial charge in [-0.1, -0.05) is 48.9 Å². The molecule has 1 unspecified atom stereocenters. The largest absolute Gasteiger partial charge is 0.375 e. The third-order valence-corrected chi connectivity index (χ3v) is 5.57. The molecule has 0 bridgehead atoms. The van der Waals surface area contributed by atoms with E-state index in [1.165, 1.54) is 0 Å². The zero-order valence-corrected chi connectivity index (χ0v) is 20.5. The Bertz CT molecular complexity index is 1170. The second-order valence-electron chi connectivity index (χ2n) is 8.08. The van der Waals surface area contributed by atoms with Crippen LogP contribution in [0.5, 0.6) is 0 Å². The van der Waals surface area contributed by atoms with E-state index in [2.05, 4.69) is 21.3 Å². The molecular weight excluding hydrogens is 464 g/mol. The molecule has 3 aromatic rings. The van der Waals surface area contributed by atoms with E-state index in [1.54, 1.807) is 42.5 Å². The van der Waals surface area contributed by atoms with Crippen molar-refractivity contribution >= 4 is 46.4 Å². The van der Waals surface area contributed by atoms with Crippen LogP contribution in [0.2, 0.25) is 5.02 Å². The number of anilines is 3. The summed E-state index contributed by atoms with van der Waals surface area (Å²) in [5.41, 5.74) is 3.22. The fraction of sp³-hybridized carbons (Fsp3) is 0.222. The molecule has 0 fully saturated rings. The van der Waals surface area contributed by atoms with E-state index in [1.807, 2.05) is 44.2 Å². The van der Waals surface area contributed by atoms with Crippen LogP contribution in [0.15, 0.2) is 72.8 Å². The van der Waals surface area contributed by atoms with Crippen molar-refractivity contribution in [3.8, 4) is 0 Å². The lowest BCUT2D eigenvalue weighted by atomic mass is 10.1. The van der Waals surface area contributed by atoms with E-state index in [0.29, 0.717) is 34.1 Å². The van der Waals surface area contributed by atoms with Gasteiger partial charge >= 0.3 is 0 Å². The van der Waals surface area contributed by atoms with Crippen molar-refractivity contribution in [1.82, 2.24) is 5.32 Å². The Balaban J connectivity index is 1.51. The molecule has 0 radical (unpaired) electrons. The summed E-state index contributed by atoms with van der Waals surface area (Å²) >= 11 is 6.21. The number of amides is 3. The maximum absolute atomic E-state index is 12.5. The van der Waals surface area contributed by atoms with E-state index in [9.17, 15) is 14.4 Å². The Kier molecular flexibility index (Phi) is 9.26. The summed E-state index contributed by atoms with van der Waals surface area (Å²) in [5, 5.41) is 12.0. The van der Waals surface area contributed by atoms with Crippen molar-refractivity contribution < 1.29 is 14.4 Å². The molecule has 0 heterocycles. The van der Waals surface area contributed by atoms with Crippen LogP contribution >= 0.6 is 11.6 Å². The molecule has 0 aliphatic rings. The van der Waals surface area contributed by atoms with Gasteiger partial charge in [-0.25, -0.2) is 0 Å². The van der Waals surface area contributed by atoms with Crippen molar-refractivity contribution in [1.29, 1.82) is 0 Å². The third kappa shape index (κ3) is 7.86. The van der Waals surface area contributed by atoms with Gasteiger partial charge in [-0.15, -0.1) is 0 Å². The van der Waals surface area contributed by atoms with Crippen molar-refractivity contribution in [3.63, 3.8) is 0 Å². The van der Waals surface area contributed by atoms with Gasteiger partial charge in [-0.05, 0) is 61.4 Å². The highest BCUT2D eigenvalue weighted by Crippen LogP contribution is 2.25. The van der Waals surface area contributed by atoms with Gasteiger partial charge in [0.15, 0.2) is 0 Å². The molecule has 0 spiro atoms. The Morgan fingerprint density at radius 1 is 0.857 bits per heavy atom. The van der Waals surface area contributed by atoms with Gasteiger partial charge in [0.25, 0.3) is 5.91 Å². The van der Waals surface area contributed by atoms with E-state index in [-0.39, 0.29) is 30.3 Å². The van der Waals surface area contributed by atoms with E-state index in [0.717, 1.165) is 12.0 Å². The number of carbonyl (C=O) groups excluding carboxylic acids is 3. The summed E-state index contributed by atoms with van der Waals surface area (Å²) in [6, 6.07) is 21.3. The van der Waals surface area contributed by atoms with Crippen LogP contribution in [0, 0.1) is 0 Å². The Morgan fingerprint density at radius 2 is 1.51 bits per heavy atom. The van der Waals surface area contributed by atoms with Gasteiger partial charge in [0.2, 0.25) is 11.8 Å². The summed E-state index contributed by atoms with van der Waals surface area (Å²) < 4.78 is 0. The minimum absolute atomic E-state index is 0.0249. The Labute approximate surface area is 210 Å². The van der Waals surface area contributed by atoms with Gasteiger partial charge in [0, 0.05) is 23.4 Å². The van der Waals surface area contributed by atoms with Crippen LogP contribution in [0.3, 0.4) is 0 Å². The lowest BCUT2D eigenvalue weighted by Crippen LogP contribution is -2.26. The Morgan fingerprint density at radius 3 is 2.20 bits per heavy atom. The number of rotatable bonds is 10. The first-order valence-electron chi connectivity index (χ1n) is 11.4. The van der Waals surface area contributed by atoms with Crippen LogP contribution in [-0.2, 0) is 9.59 Å². The second-order valence-corrected chi connectivity index (χ2v) is 8.48. The molecule has 0 saturated carbocycles. The molecule has 35 heavy (non-hydrogen) atoms. The standard InChI is InChI=1S/C27H29ClN4O3/c1-3-7-25(33)32-22-14-15-23(28)24(16-22)29-17-26(34)31-21-12-10-20(11-13-21)27(35)30-18(2)19-8-5-4-6-9-19/h4-6,8-16,18,29H,3,7,17H2,1-2H3,(H,30,35)(H,31,34)(H,32,33). The van der Waals surface area contributed by atoms with Crippen LogP contribution in [0.1, 0.15) is 48.7 Å². The SMILES string of the molecule is CCCC(=O)Nc1ccc(Cl)c(NCC(=O)Nc2ccc(C(=O)NC(C)c3ccccc3)cc2)c1. The first kappa shape index (κ1) is 25.8. The highest BCUT2D eigenvalue weighted by atomic mass is 35.5. The molecule has 182 valence electrons. The Hall–Kier alpha value is -3.84. The number of hydrogen-bond donors (Lipinski definition) is 4. The summed E-state index contributed by atoms with van der Waals surface area (Å²) in [7, 11) is 0. The molecule has 7 nitrogen and oxygen atoms in total. The predicted octanol–water partition coefficient (Wildman–Crippen LogP) is 5.62. The van der Waals surface area contributed by atoms with Crippen molar-refractivity contribution in [2.75, 3.05) is 22.5 Å². The van der Waals surface area contributed by atoms with Crippen LogP contribution in [0.4, 0.5) is 17.1 Å². The normalized spacial score (nSPS) is 11.3. The molecule has 1 atom stereocenters. The van der Waals surface area contributed by atoms with Gasteiger partial charge in [0.1, 0.15) is 0 Å². The highest BCUT2D eigenvalue weighted by molar-refractivity contribution is 6.33. The second kappa shape index (κ2) is 12.6. The summed E-state index contributed by atoms with van der Waals surface area (Å²) in [4.78, 5) is 36.7. The molecule has 3 aromatic carbocycles. The average Bonchev–Trinajstić information content (AvgIpc) is 2.85. The van der Waals surface area contributed by atoms with Gasteiger partial charge in [-0.2, -0.15) is 0 Å². The molecular formula is C27H29ClN4O3. The monoisotopic (exact) mass is 492 g/mol. The topological polar surface area (TPSA) is 99.3 Å². The molecule has 3 rings (SSSR count). The summed E-state index contributed by atoms with van der Waals surface area (Å²) in [5.74, 6) is -0.553. The third-order valence-electron chi connectivity index (χ3n) is 5.24. The van der Waals surface area contributed by atoms with Crippen molar-refractivity contribution in [2.45, 2.75) is 32.7 Å². The number of nitrogens with one attached hydrogen (secondary N) is 4. The van der Waals surface area contributed by atoms with Crippen LogP contribution in [-0.4, -0.2) is 24.3 Å². The number of halogens is 1. The van der Waals surface area contributed by atoms with Gasteiger partial charge in [0.05, 0.1) is 23.3 Å². The average molecular weight is 493 g/mol. The molecule has 3 amide bonds. The predicted molar refractivity (Wildman–Crippen MR) is 141 cm³/mol. The lowest BCUT2D eigenvalue weighted by molar-refractivity contribution is -0.116. The lowest BCUT2D eigenvalue weighted by Gasteiger charge is -2.14. The molecule has 0 aliphatic carbocycles. The molecule has 0 saturated heterocycles. The van der Waals surface area contributed by atoms with Crippen molar-refractivity contribution in [2.24, 2.45) is 0 Å². The highest BCUT2D eigenvalue weighted by Gasteiger charge is 2.12. The number of carbonyl (C=O) groups is 3. The number of benzene rings is 3. The smallest absolute Gasteiger partial charge is 0.251 e. The van der Waals surface area contributed by atoms with Crippen LogP contribution in [0.25, 0.3) is 0 Å². The van der Waals surface area contributed by atoms with E-state index in [4.69, 9.17) is 11.6 Å². The van der Waals surface area contributed by atoms with Gasteiger partial charge < -0.3 is 21.3 Å². The number of hydrogen-bond acceptors (Lipinski definition) is 4. The quantitative estimate of drug-likeness (QED) is 0.295. The maximum Gasteiger partial charge on any atom is 0.251 e. The maximum atomic E-state index is 12.5.